The van der Waals surface area contributed by atoms with E-state index < -0.39 is 23.9 Å². The number of fused-ring (bicyclic) bond motifs is 5. The molecule has 8 heteroatoms. The lowest BCUT2D eigenvalue weighted by atomic mass is 9.83. The molecule has 0 N–H and O–H groups in total. The van der Waals surface area contributed by atoms with E-state index in [1.54, 1.807) is 59.8 Å². The lowest BCUT2D eigenvalue weighted by Gasteiger charge is -2.33. The number of imide groups is 1. The van der Waals surface area contributed by atoms with Gasteiger partial charge in [-0.1, -0.05) is 51.8 Å². The number of carbonyl (C=O) groups is 3. The molecule has 0 spiro atoms. The molecule has 168 valence electrons. The second kappa shape index (κ2) is 7.89. The molecule has 2 saturated heterocycles. The molecule has 0 radical (unpaired) electrons. The molecule has 6 nitrogen and oxygen atoms in total. The third kappa shape index (κ3) is 3.07. The van der Waals surface area contributed by atoms with Crippen molar-refractivity contribution in [3.8, 4) is 0 Å². The summed E-state index contributed by atoms with van der Waals surface area (Å²) < 4.78 is 0.841. The van der Waals surface area contributed by atoms with Crippen molar-refractivity contribution >= 4 is 57.0 Å². The van der Waals surface area contributed by atoms with E-state index in [0.29, 0.717) is 16.3 Å². The Hall–Kier alpha value is -3.29. The third-order valence-electron chi connectivity index (χ3n) is 6.78. The van der Waals surface area contributed by atoms with Crippen LogP contribution in [0.4, 0.5) is 5.69 Å². The van der Waals surface area contributed by atoms with Gasteiger partial charge in [-0.15, -0.1) is 0 Å². The van der Waals surface area contributed by atoms with Crippen LogP contribution in [0.5, 0.6) is 0 Å². The number of hydrazone groups is 1. The minimum absolute atomic E-state index is 0.260. The maximum absolute atomic E-state index is 13.8. The number of nitrogens with zero attached hydrogens (tertiary/aromatic N) is 3. The van der Waals surface area contributed by atoms with Gasteiger partial charge in [0, 0.05) is 15.1 Å². The zero-order valence-corrected chi connectivity index (χ0v) is 20.0. The van der Waals surface area contributed by atoms with Crippen LogP contribution in [0, 0.1) is 11.8 Å². The molecular formula is C26H17BrClN3O3. The van der Waals surface area contributed by atoms with Crippen molar-refractivity contribution in [1.29, 1.82) is 0 Å². The number of hydrogen-bond acceptors (Lipinski definition) is 5. The first-order valence-corrected chi connectivity index (χ1v) is 12.0. The molecule has 34 heavy (non-hydrogen) atoms. The Labute approximate surface area is 208 Å². The predicted octanol–water partition coefficient (Wildman–Crippen LogP) is 4.86. The molecule has 3 aliphatic rings. The van der Waals surface area contributed by atoms with Gasteiger partial charge in [-0.25, -0.2) is 4.90 Å². The molecule has 2 fully saturated rings. The Morgan fingerprint density at radius 3 is 2.29 bits per heavy atom. The second-order valence-corrected chi connectivity index (χ2v) is 9.91. The molecule has 4 atom stereocenters. The van der Waals surface area contributed by atoms with E-state index in [4.69, 9.17) is 11.6 Å². The van der Waals surface area contributed by atoms with E-state index in [1.807, 2.05) is 24.3 Å². The molecule has 3 aromatic rings. The molecule has 0 saturated carbocycles. The molecule has 0 unspecified atom stereocenters. The highest BCUT2D eigenvalue weighted by atomic mass is 79.9. The smallest absolute Gasteiger partial charge is 0.240 e. The predicted molar refractivity (Wildman–Crippen MR) is 132 cm³/mol. The van der Waals surface area contributed by atoms with Crippen LogP contribution in [0.2, 0.25) is 5.02 Å². The largest absolute Gasteiger partial charge is 0.292 e. The molecule has 2 amide bonds. The summed E-state index contributed by atoms with van der Waals surface area (Å²) in [5.74, 6) is -2.54. The van der Waals surface area contributed by atoms with Crippen LogP contribution in [-0.2, 0) is 9.59 Å². The molecule has 3 aliphatic heterocycles. The van der Waals surface area contributed by atoms with E-state index in [0.717, 1.165) is 15.6 Å². The monoisotopic (exact) mass is 533 g/mol. The molecule has 0 bridgehead atoms. The quantitative estimate of drug-likeness (QED) is 0.355. The number of Topliss-reactive ketones (excluding diaryl/α,β-unsaturated/α-hetero) is 1. The summed E-state index contributed by atoms with van der Waals surface area (Å²) in [5, 5.41) is 6.74. The number of carbonyl (C=O) groups excluding carboxylic acids is 3. The topological polar surface area (TPSA) is 70.0 Å². The Morgan fingerprint density at radius 2 is 1.56 bits per heavy atom. The maximum Gasteiger partial charge on any atom is 0.240 e. The summed E-state index contributed by atoms with van der Waals surface area (Å²) in [6, 6.07) is 19.8. The van der Waals surface area contributed by atoms with E-state index >= 15 is 0 Å². The number of anilines is 1. The van der Waals surface area contributed by atoms with Gasteiger partial charge in [0.1, 0.15) is 6.04 Å². The van der Waals surface area contributed by atoms with Crippen molar-refractivity contribution < 1.29 is 14.4 Å². The minimum Gasteiger partial charge on any atom is -0.292 e. The van der Waals surface area contributed by atoms with Gasteiger partial charge in [0.2, 0.25) is 11.8 Å². The molecule has 0 aliphatic carbocycles. The summed E-state index contributed by atoms with van der Waals surface area (Å²) in [7, 11) is 0. The first kappa shape index (κ1) is 21.3. The highest BCUT2D eigenvalue weighted by Gasteiger charge is 2.65. The number of rotatable bonds is 3. The lowest BCUT2D eigenvalue weighted by Crippen LogP contribution is -2.44. The van der Waals surface area contributed by atoms with Crippen molar-refractivity contribution in [1.82, 2.24) is 5.01 Å². The molecule has 3 heterocycles. The van der Waals surface area contributed by atoms with Crippen molar-refractivity contribution in [2.75, 3.05) is 4.90 Å². The van der Waals surface area contributed by atoms with Crippen LogP contribution in [0.25, 0.3) is 0 Å². The summed E-state index contributed by atoms with van der Waals surface area (Å²) in [5.41, 5.74) is 2.68. The standard InChI is InChI=1S/C26H17BrClN3O3/c27-16-7-11-18(12-8-16)30-25(33)20-21(26(30)34)23(24(32)14-5-9-17(28)10-6-14)31-22(20)19-4-2-1-3-15(19)13-29-31/h1-13,20-23H/t20-,21+,22-,23-/m0/s1. The molecular weight excluding hydrogens is 518 g/mol. The molecule has 0 aromatic heterocycles. The van der Waals surface area contributed by atoms with E-state index in [2.05, 4.69) is 21.0 Å². The summed E-state index contributed by atoms with van der Waals surface area (Å²) >= 11 is 9.41. The summed E-state index contributed by atoms with van der Waals surface area (Å²) in [6.45, 7) is 0. The van der Waals surface area contributed by atoms with Gasteiger partial charge in [0.25, 0.3) is 0 Å². The van der Waals surface area contributed by atoms with Crippen LogP contribution >= 0.6 is 27.5 Å². The fourth-order valence-corrected chi connectivity index (χ4v) is 5.69. The second-order valence-electron chi connectivity index (χ2n) is 8.55. The maximum atomic E-state index is 13.8. The van der Waals surface area contributed by atoms with E-state index in [-0.39, 0.29) is 17.6 Å². The van der Waals surface area contributed by atoms with Crippen LogP contribution in [-0.4, -0.2) is 34.9 Å². The van der Waals surface area contributed by atoms with Crippen LogP contribution in [0.3, 0.4) is 0 Å². The Morgan fingerprint density at radius 1 is 0.882 bits per heavy atom. The van der Waals surface area contributed by atoms with Gasteiger partial charge in [-0.05, 0) is 59.7 Å². The Bertz CT molecular complexity index is 1370. The van der Waals surface area contributed by atoms with E-state index in [9.17, 15) is 14.4 Å². The van der Waals surface area contributed by atoms with Crippen LogP contribution in [0.1, 0.15) is 27.5 Å². The van der Waals surface area contributed by atoms with Gasteiger partial charge in [-0.3, -0.25) is 19.4 Å². The Kier molecular flexibility index (Phi) is 4.93. The van der Waals surface area contributed by atoms with Crippen molar-refractivity contribution in [2.24, 2.45) is 16.9 Å². The molecule has 3 aromatic carbocycles. The number of amides is 2. The highest BCUT2D eigenvalue weighted by molar-refractivity contribution is 9.10. The van der Waals surface area contributed by atoms with Crippen LogP contribution < -0.4 is 4.90 Å². The molecule has 6 rings (SSSR count). The van der Waals surface area contributed by atoms with E-state index in [1.165, 1.54) is 4.90 Å². The van der Waals surface area contributed by atoms with Gasteiger partial charge in [0.15, 0.2) is 5.78 Å². The fourth-order valence-electron chi connectivity index (χ4n) is 5.30. The Balaban J connectivity index is 1.49. The average Bonchev–Trinajstić information content (AvgIpc) is 3.32. The van der Waals surface area contributed by atoms with Gasteiger partial charge in [0.05, 0.1) is 29.8 Å². The SMILES string of the molecule is O=C(c1ccc(Cl)cc1)[C@@H]1[C@@H]2C(=O)N(c3ccc(Br)cc3)C(=O)[C@@H]2[C@@H]2c3ccccc3C=NN12. The summed E-state index contributed by atoms with van der Waals surface area (Å²) in [4.78, 5) is 42.5. The lowest BCUT2D eigenvalue weighted by molar-refractivity contribution is -0.124. The number of ketones is 1. The first-order valence-electron chi connectivity index (χ1n) is 10.8. The average molecular weight is 535 g/mol. The third-order valence-corrected chi connectivity index (χ3v) is 7.56. The number of halogens is 2. The normalized spacial score (nSPS) is 24.8. The van der Waals surface area contributed by atoms with Crippen molar-refractivity contribution in [3.63, 3.8) is 0 Å². The summed E-state index contributed by atoms with van der Waals surface area (Å²) in [6.07, 6.45) is 1.69. The number of hydrogen-bond donors (Lipinski definition) is 0. The fraction of sp³-hybridized carbons (Fsp3) is 0.154. The first-order chi connectivity index (χ1) is 16.5. The zero-order chi connectivity index (χ0) is 23.6. The zero-order valence-electron chi connectivity index (χ0n) is 17.6. The highest BCUT2D eigenvalue weighted by Crippen LogP contribution is 2.53. The van der Waals surface area contributed by atoms with Gasteiger partial charge in [-0.2, -0.15) is 5.10 Å². The van der Waals surface area contributed by atoms with Crippen molar-refractivity contribution in [2.45, 2.75) is 12.1 Å². The van der Waals surface area contributed by atoms with Gasteiger partial charge < -0.3 is 0 Å². The number of benzene rings is 3. The van der Waals surface area contributed by atoms with Crippen LogP contribution in [0.15, 0.2) is 82.4 Å². The van der Waals surface area contributed by atoms with Gasteiger partial charge >= 0.3 is 0 Å². The van der Waals surface area contributed by atoms with Crippen molar-refractivity contribution in [3.05, 3.63) is 99.0 Å². The minimum atomic E-state index is -0.905.